The Kier molecular flexibility index (Phi) is 5.27. The van der Waals surface area contributed by atoms with E-state index in [9.17, 15) is 14.4 Å². The van der Waals surface area contributed by atoms with Gasteiger partial charge in [0.1, 0.15) is 6.54 Å². The van der Waals surface area contributed by atoms with Crippen LogP contribution in [0.2, 0.25) is 0 Å². The quantitative estimate of drug-likeness (QED) is 0.781. The van der Waals surface area contributed by atoms with Crippen LogP contribution >= 0.6 is 0 Å². The summed E-state index contributed by atoms with van der Waals surface area (Å²) in [5.41, 5.74) is 1.07. The first-order chi connectivity index (χ1) is 10.5. The SMILES string of the molecule is CC(=O)c1cccc(N(CC(=O)N2CCOCC2)C(C)=O)c1. The van der Waals surface area contributed by atoms with E-state index in [4.69, 9.17) is 4.74 Å². The van der Waals surface area contributed by atoms with Gasteiger partial charge < -0.3 is 14.5 Å². The fourth-order valence-corrected chi connectivity index (χ4v) is 2.33. The van der Waals surface area contributed by atoms with Gasteiger partial charge in [-0.3, -0.25) is 14.4 Å². The van der Waals surface area contributed by atoms with Crippen molar-refractivity contribution in [2.24, 2.45) is 0 Å². The summed E-state index contributed by atoms with van der Waals surface area (Å²) in [5.74, 6) is -0.432. The van der Waals surface area contributed by atoms with Crippen LogP contribution in [0.1, 0.15) is 24.2 Å². The second-order valence-corrected chi connectivity index (χ2v) is 5.20. The summed E-state index contributed by atoms with van der Waals surface area (Å²) < 4.78 is 5.22. The highest BCUT2D eigenvalue weighted by Gasteiger charge is 2.22. The van der Waals surface area contributed by atoms with E-state index in [-0.39, 0.29) is 24.1 Å². The number of carbonyl (C=O) groups is 3. The van der Waals surface area contributed by atoms with Gasteiger partial charge in [-0.25, -0.2) is 0 Å². The molecular weight excluding hydrogens is 284 g/mol. The molecule has 22 heavy (non-hydrogen) atoms. The Morgan fingerprint density at radius 1 is 1.18 bits per heavy atom. The van der Waals surface area contributed by atoms with Gasteiger partial charge in [0.25, 0.3) is 0 Å². The van der Waals surface area contributed by atoms with Crippen LogP contribution < -0.4 is 4.90 Å². The lowest BCUT2D eigenvalue weighted by Gasteiger charge is -2.29. The second-order valence-electron chi connectivity index (χ2n) is 5.20. The predicted octanol–water partition coefficient (Wildman–Crippen LogP) is 1.10. The van der Waals surface area contributed by atoms with Gasteiger partial charge in [0, 0.05) is 31.3 Å². The Morgan fingerprint density at radius 2 is 1.86 bits per heavy atom. The Labute approximate surface area is 129 Å². The summed E-state index contributed by atoms with van der Waals surface area (Å²) in [6, 6.07) is 6.76. The van der Waals surface area contributed by atoms with Crippen LogP contribution in [-0.4, -0.2) is 55.3 Å². The van der Waals surface area contributed by atoms with Gasteiger partial charge in [-0.1, -0.05) is 12.1 Å². The normalized spacial score (nSPS) is 14.5. The molecule has 2 rings (SSSR count). The van der Waals surface area contributed by atoms with E-state index in [1.807, 2.05) is 0 Å². The van der Waals surface area contributed by atoms with Crippen molar-refractivity contribution in [2.75, 3.05) is 37.7 Å². The van der Waals surface area contributed by atoms with E-state index >= 15 is 0 Å². The molecular formula is C16H20N2O4. The summed E-state index contributed by atoms with van der Waals surface area (Å²) in [6.07, 6.45) is 0. The minimum absolute atomic E-state index is 0.0311. The first-order valence-corrected chi connectivity index (χ1v) is 7.23. The van der Waals surface area contributed by atoms with Crippen molar-refractivity contribution < 1.29 is 19.1 Å². The summed E-state index contributed by atoms with van der Waals surface area (Å²) in [4.78, 5) is 38.8. The number of ketones is 1. The molecule has 1 aromatic rings. The standard InChI is InChI=1S/C16H20N2O4/c1-12(19)14-4-3-5-15(10-14)18(13(2)20)11-16(21)17-6-8-22-9-7-17/h3-5,10H,6-9,11H2,1-2H3. The van der Waals surface area contributed by atoms with Crippen LogP contribution in [0.15, 0.2) is 24.3 Å². The Bertz CT molecular complexity index is 579. The lowest BCUT2D eigenvalue weighted by atomic mass is 10.1. The highest BCUT2D eigenvalue weighted by Crippen LogP contribution is 2.17. The Morgan fingerprint density at radius 3 is 2.45 bits per heavy atom. The van der Waals surface area contributed by atoms with Crippen LogP contribution in [0.3, 0.4) is 0 Å². The third kappa shape index (κ3) is 3.92. The van der Waals surface area contributed by atoms with E-state index in [0.717, 1.165) is 0 Å². The number of amides is 2. The van der Waals surface area contributed by atoms with Gasteiger partial charge >= 0.3 is 0 Å². The fourth-order valence-electron chi connectivity index (χ4n) is 2.33. The Hall–Kier alpha value is -2.21. The number of ether oxygens (including phenoxy) is 1. The first kappa shape index (κ1) is 16.2. The lowest BCUT2D eigenvalue weighted by molar-refractivity contribution is -0.134. The molecule has 0 saturated carbocycles. The van der Waals surface area contributed by atoms with Crippen molar-refractivity contribution in [3.8, 4) is 0 Å². The average molecular weight is 304 g/mol. The number of hydrogen-bond donors (Lipinski definition) is 0. The third-order valence-corrected chi connectivity index (χ3v) is 3.60. The van der Waals surface area contributed by atoms with Crippen molar-refractivity contribution in [3.05, 3.63) is 29.8 Å². The maximum absolute atomic E-state index is 12.3. The number of benzene rings is 1. The van der Waals surface area contributed by atoms with Crippen LogP contribution in [-0.2, 0) is 14.3 Å². The molecule has 118 valence electrons. The molecule has 2 amide bonds. The molecule has 1 heterocycles. The summed E-state index contributed by atoms with van der Waals surface area (Å²) in [5, 5.41) is 0. The predicted molar refractivity (Wildman–Crippen MR) is 81.9 cm³/mol. The number of carbonyl (C=O) groups excluding carboxylic acids is 3. The number of morpholine rings is 1. The molecule has 0 aromatic heterocycles. The molecule has 1 aliphatic heterocycles. The van der Waals surface area contributed by atoms with Gasteiger partial charge in [-0.2, -0.15) is 0 Å². The molecule has 1 saturated heterocycles. The molecule has 1 aliphatic rings. The van der Waals surface area contributed by atoms with E-state index in [2.05, 4.69) is 0 Å². The molecule has 0 N–H and O–H groups in total. The smallest absolute Gasteiger partial charge is 0.242 e. The molecule has 6 nitrogen and oxygen atoms in total. The molecule has 0 spiro atoms. The first-order valence-electron chi connectivity index (χ1n) is 7.23. The van der Waals surface area contributed by atoms with Gasteiger partial charge in [-0.15, -0.1) is 0 Å². The van der Waals surface area contributed by atoms with Crippen molar-refractivity contribution in [3.63, 3.8) is 0 Å². The highest BCUT2D eigenvalue weighted by atomic mass is 16.5. The Balaban J connectivity index is 2.16. The van der Waals surface area contributed by atoms with Crippen LogP contribution in [0.5, 0.6) is 0 Å². The lowest BCUT2D eigenvalue weighted by Crippen LogP contribution is -2.46. The van der Waals surface area contributed by atoms with Gasteiger partial charge in [0.15, 0.2) is 5.78 Å². The van der Waals surface area contributed by atoms with Crippen LogP contribution in [0.25, 0.3) is 0 Å². The molecule has 0 atom stereocenters. The summed E-state index contributed by atoms with van der Waals surface area (Å²) in [6.45, 7) is 4.97. The van der Waals surface area contributed by atoms with Crippen molar-refractivity contribution in [1.29, 1.82) is 0 Å². The molecule has 0 radical (unpaired) electrons. The van der Waals surface area contributed by atoms with Crippen molar-refractivity contribution in [2.45, 2.75) is 13.8 Å². The summed E-state index contributed by atoms with van der Waals surface area (Å²) >= 11 is 0. The van der Waals surface area contributed by atoms with E-state index in [1.165, 1.54) is 18.7 Å². The highest BCUT2D eigenvalue weighted by molar-refractivity contribution is 6.00. The number of anilines is 1. The zero-order valence-corrected chi connectivity index (χ0v) is 12.9. The van der Waals surface area contributed by atoms with Gasteiger partial charge in [0.2, 0.25) is 11.8 Å². The zero-order valence-electron chi connectivity index (χ0n) is 12.9. The molecule has 0 bridgehead atoms. The number of rotatable bonds is 4. The number of hydrogen-bond acceptors (Lipinski definition) is 4. The fraction of sp³-hybridized carbons (Fsp3) is 0.438. The maximum atomic E-state index is 12.3. The molecule has 6 heteroatoms. The minimum Gasteiger partial charge on any atom is -0.378 e. The molecule has 1 fully saturated rings. The van der Waals surface area contributed by atoms with Gasteiger partial charge in [0.05, 0.1) is 13.2 Å². The number of nitrogens with zero attached hydrogens (tertiary/aromatic N) is 2. The van der Waals surface area contributed by atoms with E-state index in [1.54, 1.807) is 29.2 Å². The second kappa shape index (κ2) is 7.17. The van der Waals surface area contributed by atoms with Crippen LogP contribution in [0.4, 0.5) is 5.69 Å². The molecule has 0 aliphatic carbocycles. The third-order valence-electron chi connectivity index (χ3n) is 3.60. The number of Topliss-reactive ketones (excluding diaryl/α,β-unsaturated/α-hetero) is 1. The van der Waals surface area contributed by atoms with Crippen molar-refractivity contribution in [1.82, 2.24) is 4.90 Å². The van der Waals surface area contributed by atoms with E-state index in [0.29, 0.717) is 37.6 Å². The van der Waals surface area contributed by atoms with E-state index < -0.39 is 0 Å². The molecule has 0 unspecified atom stereocenters. The summed E-state index contributed by atoms with van der Waals surface area (Å²) in [7, 11) is 0. The largest absolute Gasteiger partial charge is 0.378 e. The zero-order chi connectivity index (χ0) is 16.1. The van der Waals surface area contributed by atoms with Gasteiger partial charge in [-0.05, 0) is 19.1 Å². The average Bonchev–Trinajstić information content (AvgIpc) is 2.53. The minimum atomic E-state index is -0.234. The monoisotopic (exact) mass is 304 g/mol. The topological polar surface area (TPSA) is 66.9 Å². The maximum Gasteiger partial charge on any atom is 0.242 e. The van der Waals surface area contributed by atoms with Crippen molar-refractivity contribution >= 4 is 23.3 Å². The van der Waals surface area contributed by atoms with Crippen LogP contribution in [0, 0.1) is 0 Å². The molecule has 1 aromatic carbocycles.